The number of aromatic nitrogens is 1. The molecule has 51 heavy (non-hydrogen) atoms. The van der Waals surface area contributed by atoms with E-state index in [-0.39, 0.29) is 23.4 Å². The van der Waals surface area contributed by atoms with Crippen LogP contribution in [0.5, 0.6) is 0 Å². The summed E-state index contributed by atoms with van der Waals surface area (Å²) in [6, 6.07) is 1.09. The molecule has 3 aliphatic rings. The number of halogens is 2. The first-order chi connectivity index (χ1) is 24.0. The number of aliphatic hydroxyl groups is 1. The number of likely N-dealkylation sites (tertiary alicyclic amines) is 2. The number of ether oxygens (including phenoxy) is 2. The number of carbonyl (C=O) groups excluding carboxylic acids is 2. The van der Waals surface area contributed by atoms with E-state index in [0.717, 1.165) is 54.6 Å². The van der Waals surface area contributed by atoms with Crippen molar-refractivity contribution in [1.82, 2.24) is 19.7 Å². The molecule has 3 aliphatic heterocycles. The first-order valence-corrected chi connectivity index (χ1v) is 18.6. The fraction of sp³-hybridized carbons (Fsp3) is 0.718. The van der Waals surface area contributed by atoms with Gasteiger partial charge in [0.1, 0.15) is 24.6 Å². The zero-order valence-electron chi connectivity index (χ0n) is 32.4. The highest BCUT2D eigenvalue weighted by Crippen LogP contribution is 2.27. The zero-order valence-corrected chi connectivity index (χ0v) is 32.4. The van der Waals surface area contributed by atoms with Crippen LogP contribution in [0.3, 0.4) is 0 Å². The third-order valence-corrected chi connectivity index (χ3v) is 9.11. The third-order valence-electron chi connectivity index (χ3n) is 9.11. The summed E-state index contributed by atoms with van der Waals surface area (Å²) in [6.45, 7) is 22.3. The fourth-order valence-corrected chi connectivity index (χ4v) is 6.23. The smallest absolute Gasteiger partial charge is 0.328 e. The van der Waals surface area contributed by atoms with Crippen molar-refractivity contribution in [2.75, 3.05) is 52.5 Å². The van der Waals surface area contributed by atoms with Crippen molar-refractivity contribution < 1.29 is 33.0 Å². The number of carbonyl (C=O) groups is 2. The molecule has 3 atom stereocenters. The largest absolute Gasteiger partial charge is 0.466 e. The maximum Gasteiger partial charge on any atom is 0.328 e. The van der Waals surface area contributed by atoms with Crippen molar-refractivity contribution in [2.45, 2.75) is 113 Å². The summed E-state index contributed by atoms with van der Waals surface area (Å²) in [7, 11) is 0. The number of allylic oxidation sites excluding steroid dienone is 1. The van der Waals surface area contributed by atoms with Crippen molar-refractivity contribution in [3.8, 4) is 0 Å². The normalized spacial score (nSPS) is 19.4. The van der Waals surface area contributed by atoms with Gasteiger partial charge < -0.3 is 24.5 Å². The molecule has 0 amide bonds. The molecule has 2 N–H and O–H groups in total. The maximum absolute atomic E-state index is 13.0. The molecule has 290 valence electrons. The van der Waals surface area contributed by atoms with Gasteiger partial charge in [-0.2, -0.15) is 0 Å². The van der Waals surface area contributed by atoms with Gasteiger partial charge in [-0.1, -0.05) is 34.6 Å². The Kier molecular flexibility index (Phi) is 19.1. The minimum Gasteiger partial charge on any atom is -0.466 e. The third kappa shape index (κ3) is 15.6. The zero-order chi connectivity index (χ0) is 38.2. The van der Waals surface area contributed by atoms with Crippen LogP contribution in [0.1, 0.15) is 85.8 Å². The van der Waals surface area contributed by atoms with Crippen LogP contribution in [-0.4, -0.2) is 114 Å². The number of aliphatic hydroxyl groups excluding tert-OH is 1. The molecule has 2 saturated heterocycles. The lowest BCUT2D eigenvalue weighted by Crippen LogP contribution is -2.49. The van der Waals surface area contributed by atoms with Crippen LogP contribution >= 0.6 is 0 Å². The van der Waals surface area contributed by atoms with E-state index in [0.29, 0.717) is 57.6 Å². The number of nitrogens with one attached hydrogen (secondary N) is 1. The van der Waals surface area contributed by atoms with Gasteiger partial charge in [0.2, 0.25) is 5.56 Å². The number of aromatic amines is 1. The second-order valence-electron chi connectivity index (χ2n) is 14.8. The van der Waals surface area contributed by atoms with Gasteiger partial charge in [-0.25, -0.2) is 13.6 Å². The molecule has 1 aromatic rings. The van der Waals surface area contributed by atoms with Crippen LogP contribution in [0.15, 0.2) is 40.5 Å². The van der Waals surface area contributed by atoms with Gasteiger partial charge >= 0.3 is 11.9 Å². The molecule has 0 spiro atoms. The van der Waals surface area contributed by atoms with Gasteiger partial charge in [0.05, 0.1) is 19.1 Å². The van der Waals surface area contributed by atoms with Crippen LogP contribution in [-0.2, 0) is 25.5 Å². The number of rotatable bonds is 15. The minimum atomic E-state index is -0.837. The van der Waals surface area contributed by atoms with Crippen LogP contribution in [0, 0.1) is 24.7 Å². The first-order valence-electron chi connectivity index (χ1n) is 18.6. The summed E-state index contributed by atoms with van der Waals surface area (Å²) in [5.74, 6) is 0.542. The van der Waals surface area contributed by atoms with E-state index in [9.17, 15) is 28.3 Å². The molecule has 4 heterocycles. The molecule has 1 aromatic heterocycles. The quantitative estimate of drug-likeness (QED) is 0.224. The van der Waals surface area contributed by atoms with Gasteiger partial charge in [-0.15, -0.1) is 0 Å². The number of hydrogen-bond donors (Lipinski definition) is 2. The van der Waals surface area contributed by atoms with Gasteiger partial charge in [-0.05, 0) is 93.6 Å². The van der Waals surface area contributed by atoms with Gasteiger partial charge in [0, 0.05) is 57.7 Å². The Morgan fingerprint density at radius 3 is 1.90 bits per heavy atom. The van der Waals surface area contributed by atoms with E-state index in [1.54, 1.807) is 30.2 Å². The molecule has 0 bridgehead atoms. The lowest BCUT2D eigenvalue weighted by atomic mass is 9.97. The summed E-state index contributed by atoms with van der Waals surface area (Å²) < 4.78 is 35.6. The SMILES string of the molecule is CCOC(=O)C(C)CC(C)C.CCOC(=O)C(CC(C)C)N1C=C(CCN2CC(F)C2)C(C)=CC1O.Cc1cc(=O)[nH]cc1CCN1CC(F)C1. The average molecular weight is 723 g/mol. The van der Waals surface area contributed by atoms with Crippen LogP contribution in [0.4, 0.5) is 8.78 Å². The molecule has 10 nitrogen and oxygen atoms in total. The Morgan fingerprint density at radius 2 is 1.41 bits per heavy atom. The standard InChI is InChI=1S/C19H31FN2O3.C11H15FN2O.C9H18O2/c1-5-25-19(24)17(8-13(2)3)22-10-15(14(4)9-18(22)23)6-7-21-11-16(20)12-21;1-8-4-11(15)13-5-9(8)2-3-14-6-10(12)7-14;1-5-11-9(10)8(4)6-7(2)3/h9-10,13,16-18,23H,5-8,11-12H2,1-4H3;4-5,10H,2-3,6-7H2,1H3,(H,13,15);7-8H,5-6H2,1-4H3. The highest BCUT2D eigenvalue weighted by atomic mass is 19.1. The second kappa shape index (κ2) is 22.1. The molecule has 12 heteroatoms. The minimum absolute atomic E-state index is 0.0509. The van der Waals surface area contributed by atoms with Crippen LogP contribution in [0.2, 0.25) is 0 Å². The fourth-order valence-electron chi connectivity index (χ4n) is 6.23. The molecule has 0 aliphatic carbocycles. The number of H-pyrrole nitrogens is 1. The Bertz CT molecular complexity index is 1340. The lowest BCUT2D eigenvalue weighted by Gasteiger charge is -2.38. The molecular formula is C39H64F2N4O6. The van der Waals surface area contributed by atoms with Gasteiger partial charge in [-0.3, -0.25) is 19.4 Å². The molecule has 0 aromatic carbocycles. The summed E-state index contributed by atoms with van der Waals surface area (Å²) in [4.78, 5) is 42.9. The van der Waals surface area contributed by atoms with E-state index in [1.807, 2.05) is 47.7 Å². The predicted octanol–water partition coefficient (Wildman–Crippen LogP) is 5.58. The topological polar surface area (TPSA) is 115 Å². The lowest BCUT2D eigenvalue weighted by molar-refractivity contribution is -0.152. The summed E-state index contributed by atoms with van der Waals surface area (Å²) in [5.41, 5.74) is 4.16. The Morgan fingerprint density at radius 1 is 0.882 bits per heavy atom. The second-order valence-corrected chi connectivity index (χ2v) is 14.8. The molecule has 2 fully saturated rings. The van der Waals surface area contributed by atoms with Crippen LogP contribution in [0.25, 0.3) is 0 Å². The van der Waals surface area contributed by atoms with Crippen molar-refractivity contribution in [3.63, 3.8) is 0 Å². The summed E-state index contributed by atoms with van der Waals surface area (Å²) in [5, 5.41) is 10.5. The van der Waals surface area contributed by atoms with Crippen LogP contribution < -0.4 is 5.56 Å². The Labute approximate surface area is 304 Å². The monoisotopic (exact) mass is 722 g/mol. The number of hydrogen-bond acceptors (Lipinski definition) is 9. The number of pyridine rings is 1. The summed E-state index contributed by atoms with van der Waals surface area (Å²) >= 11 is 0. The number of esters is 2. The van der Waals surface area contributed by atoms with Crippen molar-refractivity contribution >= 4 is 11.9 Å². The van der Waals surface area contributed by atoms with Crippen molar-refractivity contribution in [1.29, 1.82) is 0 Å². The van der Waals surface area contributed by atoms with Gasteiger partial charge in [0.15, 0.2) is 0 Å². The molecule has 0 saturated carbocycles. The highest BCUT2D eigenvalue weighted by molar-refractivity contribution is 5.76. The molecular weight excluding hydrogens is 658 g/mol. The number of alkyl halides is 2. The molecule has 3 unspecified atom stereocenters. The van der Waals surface area contributed by atoms with E-state index < -0.39 is 24.6 Å². The van der Waals surface area contributed by atoms with Crippen molar-refractivity contribution in [2.24, 2.45) is 17.8 Å². The van der Waals surface area contributed by atoms with E-state index >= 15 is 0 Å². The highest BCUT2D eigenvalue weighted by Gasteiger charge is 2.33. The average Bonchev–Trinajstić information content (AvgIpc) is 3.01. The number of aryl methyl sites for hydroxylation is 1. The van der Waals surface area contributed by atoms with E-state index in [2.05, 4.69) is 28.6 Å². The van der Waals surface area contributed by atoms with Crippen molar-refractivity contribution in [3.05, 3.63) is 57.2 Å². The first kappa shape index (κ1) is 44.1. The molecule has 0 radical (unpaired) electrons. The van der Waals surface area contributed by atoms with E-state index in [4.69, 9.17) is 9.47 Å². The Hall–Kier alpha value is -3.09. The van der Waals surface area contributed by atoms with Gasteiger partial charge in [0.25, 0.3) is 0 Å². The summed E-state index contributed by atoms with van der Waals surface area (Å²) in [6.07, 6.45) is 6.41. The molecule has 4 rings (SSSR count). The predicted molar refractivity (Wildman–Crippen MR) is 198 cm³/mol. The Balaban J connectivity index is 0.000000294. The number of nitrogens with zero attached hydrogens (tertiary/aromatic N) is 3. The van der Waals surface area contributed by atoms with E-state index in [1.165, 1.54) is 0 Å². The maximum atomic E-state index is 13.0.